The van der Waals surface area contributed by atoms with Crippen LogP contribution in [0.3, 0.4) is 0 Å². The first-order chi connectivity index (χ1) is 8.17. The van der Waals surface area contributed by atoms with Crippen LogP contribution in [0.25, 0.3) is 0 Å². The van der Waals surface area contributed by atoms with Crippen molar-refractivity contribution in [3.8, 4) is 6.07 Å². The lowest BCUT2D eigenvalue weighted by molar-refractivity contribution is -0.143. The van der Waals surface area contributed by atoms with Crippen LogP contribution in [0.5, 0.6) is 0 Å². The Labute approximate surface area is 101 Å². The molecule has 17 heavy (non-hydrogen) atoms. The van der Waals surface area contributed by atoms with Gasteiger partial charge in [-0.25, -0.2) is 4.79 Å². The van der Waals surface area contributed by atoms with Crippen LogP contribution >= 0.6 is 0 Å². The molecule has 0 bridgehead atoms. The van der Waals surface area contributed by atoms with Crippen molar-refractivity contribution in [2.45, 2.75) is 26.3 Å². The topological polar surface area (TPSA) is 62.1 Å². The van der Waals surface area contributed by atoms with Crippen molar-refractivity contribution >= 4 is 11.7 Å². The van der Waals surface area contributed by atoms with Gasteiger partial charge in [0.15, 0.2) is 0 Å². The summed E-state index contributed by atoms with van der Waals surface area (Å²) in [7, 11) is 0. The molecule has 0 aromatic heterocycles. The molecule has 0 saturated heterocycles. The fourth-order valence-electron chi connectivity index (χ4n) is 1.39. The van der Waals surface area contributed by atoms with Gasteiger partial charge in [0, 0.05) is 5.69 Å². The Bertz CT molecular complexity index is 406. The van der Waals surface area contributed by atoms with Crippen molar-refractivity contribution < 1.29 is 9.53 Å². The highest BCUT2D eigenvalue weighted by atomic mass is 16.5. The number of nitriles is 1. The smallest absolute Gasteiger partial charge is 0.328 e. The lowest BCUT2D eigenvalue weighted by Crippen LogP contribution is -2.28. The van der Waals surface area contributed by atoms with Gasteiger partial charge in [-0.15, -0.1) is 0 Å². The maximum absolute atomic E-state index is 11.4. The Morgan fingerprint density at radius 3 is 2.65 bits per heavy atom. The van der Waals surface area contributed by atoms with E-state index in [0.29, 0.717) is 13.0 Å². The second-order valence-corrected chi connectivity index (χ2v) is 3.65. The average molecular weight is 232 g/mol. The first kappa shape index (κ1) is 13.0. The summed E-state index contributed by atoms with van der Waals surface area (Å²) in [6.07, 6.45) is 0.397. The summed E-state index contributed by atoms with van der Waals surface area (Å²) in [5.41, 5.74) is 1.80. The zero-order valence-corrected chi connectivity index (χ0v) is 10.1. The summed E-state index contributed by atoms with van der Waals surface area (Å²) in [4.78, 5) is 11.4. The van der Waals surface area contributed by atoms with Crippen molar-refractivity contribution in [2.24, 2.45) is 0 Å². The Balaban J connectivity index is 2.57. The predicted octanol–water partition coefficient (Wildman–Crippen LogP) is 2.12. The van der Waals surface area contributed by atoms with E-state index in [1.165, 1.54) is 0 Å². The molecule has 1 aromatic rings. The predicted molar refractivity (Wildman–Crippen MR) is 65.5 cm³/mol. The third-order valence-corrected chi connectivity index (χ3v) is 2.26. The molecule has 0 fully saturated rings. The first-order valence-electron chi connectivity index (χ1n) is 5.56. The van der Waals surface area contributed by atoms with E-state index in [1.807, 2.05) is 24.3 Å². The van der Waals surface area contributed by atoms with E-state index in [1.54, 1.807) is 13.8 Å². The first-order valence-corrected chi connectivity index (χ1v) is 5.56. The molecule has 0 saturated carbocycles. The minimum absolute atomic E-state index is 0.270. The number of rotatable bonds is 5. The number of nitrogens with zero attached hydrogens (tertiary/aromatic N) is 1. The Morgan fingerprint density at radius 2 is 2.12 bits per heavy atom. The average Bonchev–Trinajstić information content (AvgIpc) is 2.32. The molecule has 0 aliphatic rings. The molecular weight excluding hydrogens is 216 g/mol. The highest BCUT2D eigenvalue weighted by Crippen LogP contribution is 2.11. The Morgan fingerprint density at radius 1 is 1.47 bits per heavy atom. The van der Waals surface area contributed by atoms with Crippen molar-refractivity contribution in [3.05, 3.63) is 29.8 Å². The van der Waals surface area contributed by atoms with Crippen molar-refractivity contribution in [1.82, 2.24) is 0 Å². The number of nitrogens with one attached hydrogen (secondary N) is 1. The van der Waals surface area contributed by atoms with Gasteiger partial charge in [-0.3, -0.25) is 0 Å². The monoisotopic (exact) mass is 232 g/mol. The minimum Gasteiger partial charge on any atom is -0.464 e. The van der Waals surface area contributed by atoms with Crippen LogP contribution in [-0.4, -0.2) is 18.6 Å². The van der Waals surface area contributed by atoms with E-state index in [9.17, 15) is 4.79 Å². The van der Waals surface area contributed by atoms with Crippen LogP contribution in [0.2, 0.25) is 0 Å². The zero-order valence-electron chi connectivity index (χ0n) is 10.1. The largest absolute Gasteiger partial charge is 0.464 e. The number of benzene rings is 1. The summed E-state index contributed by atoms with van der Waals surface area (Å²) >= 11 is 0. The van der Waals surface area contributed by atoms with Crippen LogP contribution in [0.4, 0.5) is 5.69 Å². The molecule has 0 aliphatic carbocycles. The molecule has 1 N–H and O–H groups in total. The quantitative estimate of drug-likeness (QED) is 0.790. The number of ether oxygens (including phenoxy) is 1. The van der Waals surface area contributed by atoms with E-state index < -0.39 is 0 Å². The van der Waals surface area contributed by atoms with Crippen LogP contribution in [0.15, 0.2) is 24.3 Å². The van der Waals surface area contributed by atoms with Crippen LogP contribution < -0.4 is 5.32 Å². The van der Waals surface area contributed by atoms with Gasteiger partial charge in [0.05, 0.1) is 19.1 Å². The molecule has 1 rings (SSSR count). The third-order valence-electron chi connectivity index (χ3n) is 2.26. The zero-order chi connectivity index (χ0) is 12.7. The fourth-order valence-corrected chi connectivity index (χ4v) is 1.39. The van der Waals surface area contributed by atoms with Crippen LogP contribution in [-0.2, 0) is 16.0 Å². The molecule has 4 nitrogen and oxygen atoms in total. The standard InChI is InChI=1S/C13H16N2O2/c1-3-17-13(16)10(2)15-12-6-4-11(5-7-12)8-9-14/h4-7,10,15H,3,8H2,1-2H3. The third kappa shape index (κ3) is 4.15. The van der Waals surface area contributed by atoms with Crippen molar-refractivity contribution in [2.75, 3.05) is 11.9 Å². The lowest BCUT2D eigenvalue weighted by Gasteiger charge is -2.13. The van der Waals surface area contributed by atoms with Gasteiger partial charge in [0.1, 0.15) is 6.04 Å². The van der Waals surface area contributed by atoms with E-state index in [2.05, 4.69) is 11.4 Å². The number of hydrogen-bond donors (Lipinski definition) is 1. The molecule has 1 atom stereocenters. The minimum atomic E-state index is -0.378. The molecule has 0 spiro atoms. The second kappa shape index (κ2) is 6.54. The molecule has 0 heterocycles. The SMILES string of the molecule is CCOC(=O)C(C)Nc1ccc(CC#N)cc1. The molecule has 4 heteroatoms. The maximum atomic E-state index is 11.4. The van der Waals surface area contributed by atoms with Gasteiger partial charge >= 0.3 is 5.97 Å². The number of hydrogen-bond acceptors (Lipinski definition) is 4. The second-order valence-electron chi connectivity index (χ2n) is 3.65. The summed E-state index contributed by atoms with van der Waals surface area (Å²) in [6, 6.07) is 9.13. The summed E-state index contributed by atoms with van der Waals surface area (Å²) in [6.45, 7) is 3.91. The van der Waals surface area contributed by atoms with Gasteiger partial charge in [-0.05, 0) is 31.5 Å². The molecule has 0 amide bonds. The highest BCUT2D eigenvalue weighted by Gasteiger charge is 2.12. The van der Waals surface area contributed by atoms with Gasteiger partial charge < -0.3 is 10.1 Å². The van der Waals surface area contributed by atoms with Crippen molar-refractivity contribution in [1.29, 1.82) is 5.26 Å². The van der Waals surface area contributed by atoms with E-state index >= 15 is 0 Å². The lowest BCUT2D eigenvalue weighted by atomic mass is 10.1. The van der Waals surface area contributed by atoms with E-state index in [0.717, 1.165) is 11.3 Å². The van der Waals surface area contributed by atoms with Crippen LogP contribution in [0.1, 0.15) is 19.4 Å². The van der Waals surface area contributed by atoms with E-state index in [4.69, 9.17) is 10.00 Å². The van der Waals surface area contributed by atoms with Gasteiger partial charge in [-0.1, -0.05) is 12.1 Å². The summed E-state index contributed by atoms with van der Waals surface area (Å²) < 4.78 is 4.89. The molecule has 0 radical (unpaired) electrons. The molecule has 0 aliphatic heterocycles. The Kier molecular flexibility index (Phi) is 5.02. The fraction of sp³-hybridized carbons (Fsp3) is 0.385. The number of anilines is 1. The highest BCUT2D eigenvalue weighted by molar-refractivity contribution is 5.78. The molecule has 90 valence electrons. The molecule has 1 aromatic carbocycles. The van der Waals surface area contributed by atoms with Gasteiger partial charge in [0.2, 0.25) is 0 Å². The summed E-state index contributed by atoms with van der Waals surface area (Å²) in [5, 5.41) is 11.6. The molecule has 1 unspecified atom stereocenters. The normalized spacial score (nSPS) is 11.4. The van der Waals surface area contributed by atoms with E-state index in [-0.39, 0.29) is 12.0 Å². The van der Waals surface area contributed by atoms with Crippen molar-refractivity contribution in [3.63, 3.8) is 0 Å². The number of carbonyl (C=O) groups is 1. The van der Waals surface area contributed by atoms with Crippen LogP contribution in [0, 0.1) is 11.3 Å². The maximum Gasteiger partial charge on any atom is 0.328 e. The Hall–Kier alpha value is -2.02. The van der Waals surface area contributed by atoms with Gasteiger partial charge in [-0.2, -0.15) is 5.26 Å². The molecular formula is C13H16N2O2. The number of carbonyl (C=O) groups excluding carboxylic acids is 1. The van der Waals surface area contributed by atoms with Gasteiger partial charge in [0.25, 0.3) is 0 Å². The number of esters is 1. The summed E-state index contributed by atoms with van der Waals surface area (Å²) in [5.74, 6) is -0.270.